The van der Waals surface area contributed by atoms with Crippen molar-refractivity contribution in [3.05, 3.63) is 32.9 Å². The first kappa shape index (κ1) is 9.91. The van der Waals surface area contributed by atoms with Crippen molar-refractivity contribution in [1.82, 2.24) is 20.2 Å². The van der Waals surface area contributed by atoms with Crippen molar-refractivity contribution in [2.24, 2.45) is 0 Å². The summed E-state index contributed by atoms with van der Waals surface area (Å²) in [6, 6.07) is 1.70. The summed E-state index contributed by atoms with van der Waals surface area (Å²) in [7, 11) is 0. The molecule has 0 spiro atoms. The number of hydrogen-bond donors (Lipinski definition) is 2. The molecule has 0 aliphatic carbocycles. The van der Waals surface area contributed by atoms with Crippen LogP contribution in [0.1, 0.15) is 5.69 Å². The number of rotatable bonds is 2. The molecule has 0 unspecified atom stereocenters. The Hall–Kier alpha value is -1.63. The average molecular weight is 271 g/mol. The van der Waals surface area contributed by atoms with Crippen molar-refractivity contribution in [2.75, 3.05) is 0 Å². The second-order valence-electron chi connectivity index (χ2n) is 2.84. The fourth-order valence-electron chi connectivity index (χ4n) is 0.982. The molecule has 0 amide bonds. The van der Waals surface area contributed by atoms with Crippen LogP contribution in [0, 0.1) is 6.92 Å². The Bertz CT molecular complexity index is 533. The number of H-pyrrole nitrogens is 2. The van der Waals surface area contributed by atoms with Gasteiger partial charge in [0.1, 0.15) is 4.47 Å². The second-order valence-corrected chi connectivity index (χ2v) is 3.64. The molecule has 2 aromatic rings. The fourth-order valence-corrected chi connectivity index (χ4v) is 1.28. The molecule has 0 aliphatic heterocycles. The molecule has 15 heavy (non-hydrogen) atoms. The predicted octanol–water partition coefficient (Wildman–Crippen LogP) is 1.36. The lowest BCUT2D eigenvalue weighted by atomic mass is 10.5. The highest BCUT2D eigenvalue weighted by atomic mass is 79.9. The van der Waals surface area contributed by atoms with E-state index in [0.717, 1.165) is 5.69 Å². The van der Waals surface area contributed by atoms with Crippen LogP contribution in [0.3, 0.4) is 0 Å². The number of nitrogens with zero attached hydrogens (tertiary/aromatic N) is 2. The van der Waals surface area contributed by atoms with Gasteiger partial charge in [-0.1, -0.05) is 0 Å². The summed E-state index contributed by atoms with van der Waals surface area (Å²) in [4.78, 5) is 17.5. The molecule has 2 aromatic heterocycles. The summed E-state index contributed by atoms with van der Waals surface area (Å²) in [6.07, 6.45) is 1.27. The van der Waals surface area contributed by atoms with Crippen molar-refractivity contribution in [1.29, 1.82) is 0 Å². The minimum absolute atomic E-state index is 0.185. The van der Waals surface area contributed by atoms with Gasteiger partial charge in [-0.2, -0.15) is 0 Å². The maximum absolute atomic E-state index is 11.2. The monoisotopic (exact) mass is 270 g/mol. The highest BCUT2D eigenvalue weighted by Crippen LogP contribution is 2.22. The molecular formula is C8H7BrN4O2. The van der Waals surface area contributed by atoms with Crippen LogP contribution in [-0.4, -0.2) is 20.2 Å². The normalized spacial score (nSPS) is 10.3. The smallest absolute Gasteiger partial charge is 0.268 e. The van der Waals surface area contributed by atoms with E-state index in [1.165, 1.54) is 6.33 Å². The Balaban J connectivity index is 2.32. The molecule has 0 saturated carbocycles. The Morgan fingerprint density at radius 3 is 3.00 bits per heavy atom. The number of aromatic amines is 2. The first-order valence-electron chi connectivity index (χ1n) is 4.10. The van der Waals surface area contributed by atoms with E-state index in [2.05, 4.69) is 36.1 Å². The number of nitrogens with one attached hydrogen (secondary N) is 2. The number of aryl methyl sites for hydroxylation is 1. The molecule has 0 aliphatic rings. The SMILES string of the molecule is Cc1cc(Oc2nc[nH]c(=O)c2Br)n[nH]1. The number of ether oxygens (including phenoxy) is 1. The molecule has 0 atom stereocenters. The van der Waals surface area contributed by atoms with Crippen molar-refractivity contribution < 1.29 is 4.74 Å². The van der Waals surface area contributed by atoms with Crippen LogP contribution in [0.25, 0.3) is 0 Å². The lowest BCUT2D eigenvalue weighted by Gasteiger charge is -2.00. The van der Waals surface area contributed by atoms with Gasteiger partial charge < -0.3 is 9.72 Å². The van der Waals surface area contributed by atoms with Crippen LogP contribution in [0.2, 0.25) is 0 Å². The zero-order valence-corrected chi connectivity index (χ0v) is 9.33. The Kier molecular flexibility index (Phi) is 2.55. The van der Waals surface area contributed by atoms with E-state index >= 15 is 0 Å². The van der Waals surface area contributed by atoms with Crippen molar-refractivity contribution in [3.63, 3.8) is 0 Å². The van der Waals surface area contributed by atoms with E-state index in [1.54, 1.807) is 6.07 Å². The van der Waals surface area contributed by atoms with Crippen molar-refractivity contribution in [2.45, 2.75) is 6.92 Å². The number of aromatic nitrogens is 4. The fraction of sp³-hybridized carbons (Fsp3) is 0.125. The molecular weight excluding hydrogens is 264 g/mol. The standard InChI is InChI=1S/C8H7BrN4O2/c1-4-2-5(13-12-4)15-8-6(9)7(14)10-3-11-8/h2-3H,1H3,(H,12,13)(H,10,11,14). The van der Waals surface area contributed by atoms with E-state index in [1.807, 2.05) is 6.92 Å². The topological polar surface area (TPSA) is 83.7 Å². The molecule has 2 rings (SSSR count). The van der Waals surface area contributed by atoms with E-state index < -0.39 is 0 Å². The van der Waals surface area contributed by atoms with Gasteiger partial charge in [0.2, 0.25) is 11.8 Å². The molecule has 0 bridgehead atoms. The third kappa shape index (κ3) is 2.07. The molecule has 78 valence electrons. The van der Waals surface area contributed by atoms with Crippen LogP contribution in [0.15, 0.2) is 21.7 Å². The lowest BCUT2D eigenvalue weighted by Crippen LogP contribution is -2.08. The highest BCUT2D eigenvalue weighted by molar-refractivity contribution is 9.10. The zero-order valence-electron chi connectivity index (χ0n) is 7.74. The summed E-state index contributed by atoms with van der Waals surface area (Å²) in [5.74, 6) is 0.552. The molecule has 0 saturated heterocycles. The maximum atomic E-state index is 11.2. The van der Waals surface area contributed by atoms with Gasteiger partial charge in [0.05, 0.1) is 6.33 Å². The second kappa shape index (κ2) is 3.85. The maximum Gasteiger partial charge on any atom is 0.268 e. The zero-order chi connectivity index (χ0) is 10.8. The van der Waals surface area contributed by atoms with Crippen molar-refractivity contribution >= 4 is 15.9 Å². The van der Waals surface area contributed by atoms with Gasteiger partial charge in [-0.25, -0.2) is 4.98 Å². The summed E-state index contributed by atoms with van der Waals surface area (Å²) >= 11 is 3.08. The quantitative estimate of drug-likeness (QED) is 0.863. The Labute approximate surface area is 92.8 Å². The third-order valence-corrected chi connectivity index (χ3v) is 2.35. The minimum atomic E-state index is -0.299. The molecule has 2 heterocycles. The van der Waals surface area contributed by atoms with Gasteiger partial charge in [0, 0.05) is 11.8 Å². The number of hydrogen-bond acceptors (Lipinski definition) is 4. The summed E-state index contributed by atoms with van der Waals surface area (Å²) in [5, 5.41) is 6.58. The molecule has 0 fully saturated rings. The highest BCUT2D eigenvalue weighted by Gasteiger charge is 2.09. The summed E-state index contributed by atoms with van der Waals surface area (Å²) in [6.45, 7) is 1.85. The van der Waals surface area contributed by atoms with Crippen LogP contribution < -0.4 is 10.3 Å². The number of halogens is 1. The third-order valence-electron chi connectivity index (χ3n) is 1.65. The first-order valence-corrected chi connectivity index (χ1v) is 4.89. The van der Waals surface area contributed by atoms with Crippen LogP contribution >= 0.6 is 15.9 Å². The van der Waals surface area contributed by atoms with Crippen LogP contribution in [-0.2, 0) is 0 Å². The van der Waals surface area contributed by atoms with Gasteiger partial charge in [0.25, 0.3) is 5.56 Å². The molecule has 0 aromatic carbocycles. The molecule has 0 radical (unpaired) electrons. The van der Waals surface area contributed by atoms with E-state index in [0.29, 0.717) is 5.88 Å². The van der Waals surface area contributed by atoms with Gasteiger partial charge in [-0.3, -0.25) is 9.89 Å². The van der Waals surface area contributed by atoms with E-state index in [9.17, 15) is 4.79 Å². The summed E-state index contributed by atoms with van der Waals surface area (Å²) < 4.78 is 5.53. The van der Waals surface area contributed by atoms with Gasteiger partial charge >= 0.3 is 0 Å². The van der Waals surface area contributed by atoms with Crippen molar-refractivity contribution in [3.8, 4) is 11.8 Å². The molecule has 6 nitrogen and oxygen atoms in total. The predicted molar refractivity (Wildman–Crippen MR) is 56.0 cm³/mol. The minimum Gasteiger partial charge on any atom is -0.418 e. The van der Waals surface area contributed by atoms with Gasteiger partial charge in [-0.05, 0) is 22.9 Å². The molecule has 7 heteroatoms. The summed E-state index contributed by atoms with van der Waals surface area (Å²) in [5.41, 5.74) is 0.568. The van der Waals surface area contributed by atoms with E-state index in [-0.39, 0.29) is 15.9 Å². The lowest BCUT2D eigenvalue weighted by molar-refractivity contribution is 0.438. The molecule has 2 N–H and O–H groups in total. The Morgan fingerprint density at radius 2 is 2.33 bits per heavy atom. The largest absolute Gasteiger partial charge is 0.418 e. The Morgan fingerprint density at radius 1 is 1.53 bits per heavy atom. The van der Waals surface area contributed by atoms with Gasteiger partial charge in [-0.15, -0.1) is 5.10 Å². The van der Waals surface area contributed by atoms with Crippen LogP contribution in [0.4, 0.5) is 0 Å². The first-order chi connectivity index (χ1) is 7.16. The van der Waals surface area contributed by atoms with Gasteiger partial charge in [0.15, 0.2) is 0 Å². The van der Waals surface area contributed by atoms with E-state index in [4.69, 9.17) is 4.74 Å². The van der Waals surface area contributed by atoms with Crippen LogP contribution in [0.5, 0.6) is 11.8 Å². The average Bonchev–Trinajstić information content (AvgIpc) is 2.59.